The van der Waals surface area contributed by atoms with E-state index in [-0.39, 0.29) is 120 Å². The molecule has 8 aliphatic carbocycles. The van der Waals surface area contributed by atoms with E-state index in [1.807, 2.05) is 84.3 Å². The molecule has 8 saturated carbocycles. The predicted molar refractivity (Wildman–Crippen MR) is 538 cm³/mol. The van der Waals surface area contributed by atoms with Crippen LogP contribution in [0.4, 0.5) is 9.59 Å². The number of aliphatic hydroxyl groups excluding tert-OH is 3. The highest BCUT2D eigenvalue weighted by molar-refractivity contribution is 7.87. The maximum atomic E-state index is 13.7. The van der Waals surface area contributed by atoms with Gasteiger partial charge in [0.05, 0.1) is 59.6 Å². The Bertz CT molecular complexity index is 4310. The summed E-state index contributed by atoms with van der Waals surface area (Å²) in [5.41, 5.74) is 4.10. The zero-order valence-corrected chi connectivity index (χ0v) is 87.2. The molecule has 8 fully saturated rings. The van der Waals surface area contributed by atoms with Crippen LogP contribution in [0.25, 0.3) is 0 Å². The molecule has 4 aromatic carbocycles. The zero-order chi connectivity index (χ0) is 97.1. The first-order valence-electron chi connectivity index (χ1n) is 54.1. The Morgan fingerprint density at radius 1 is 0.382 bits per heavy atom. The summed E-state index contributed by atoms with van der Waals surface area (Å²) in [6, 6.07) is 33.4. The quantitative estimate of drug-likeness (QED) is 0.0274. The lowest BCUT2D eigenvalue weighted by molar-refractivity contribution is -0.228. The fourth-order valence-electron chi connectivity index (χ4n) is 27.0. The molecule has 12 rings (SSSR count). The molecular weight excluding hydrogens is 1750 g/mol. The van der Waals surface area contributed by atoms with Crippen LogP contribution in [-0.4, -0.2) is 190 Å². The minimum absolute atomic E-state index is 0.0186. The molecule has 0 aromatic heterocycles. The van der Waals surface area contributed by atoms with Crippen molar-refractivity contribution in [3.8, 4) is 0 Å². The average Bonchev–Trinajstić information content (AvgIpc) is 1.45. The molecular formula is C113H180N2O19S2. The second-order valence-corrected chi connectivity index (χ2v) is 46.6. The first kappa shape index (κ1) is 111. The molecule has 0 saturated heterocycles. The number of nitrogens with zero attached hydrogens (tertiary/aromatic N) is 2. The van der Waals surface area contributed by atoms with Gasteiger partial charge in [-0.2, -0.15) is 16.8 Å². The monoisotopic (exact) mass is 1930 g/mol. The molecule has 0 bridgehead atoms. The van der Waals surface area contributed by atoms with Crippen molar-refractivity contribution < 1.29 is 88.0 Å². The van der Waals surface area contributed by atoms with Gasteiger partial charge in [0.2, 0.25) is 0 Å². The summed E-state index contributed by atoms with van der Waals surface area (Å²) < 4.78 is 116. The first-order valence-corrected chi connectivity index (χ1v) is 56.9. The number of ether oxygens (including phenoxy) is 8. The lowest BCUT2D eigenvalue weighted by Gasteiger charge is -2.65. The number of rotatable bonds is 58. The molecule has 0 radical (unpaired) electrons. The Morgan fingerprint density at radius 3 is 1.13 bits per heavy atom. The normalized spacial score (nSPS) is 29.5. The summed E-state index contributed by atoms with van der Waals surface area (Å²) in [7, 11) is -7.75. The third-order valence-electron chi connectivity index (χ3n) is 34.6. The number of benzene rings is 4. The van der Waals surface area contributed by atoms with Crippen molar-refractivity contribution in [2.24, 2.45) is 92.7 Å². The third kappa shape index (κ3) is 30.0. The van der Waals surface area contributed by atoms with E-state index in [0.717, 1.165) is 177 Å². The van der Waals surface area contributed by atoms with Gasteiger partial charge in [-0.15, -0.1) is 0 Å². The van der Waals surface area contributed by atoms with Crippen molar-refractivity contribution in [1.82, 2.24) is 9.80 Å². The number of hydrogen-bond donors (Lipinski definition) is 3. The van der Waals surface area contributed by atoms with Crippen LogP contribution in [0.5, 0.6) is 0 Å². The van der Waals surface area contributed by atoms with Gasteiger partial charge in [-0.1, -0.05) is 229 Å². The van der Waals surface area contributed by atoms with Gasteiger partial charge in [0.1, 0.15) is 13.2 Å². The van der Waals surface area contributed by atoms with E-state index in [0.29, 0.717) is 162 Å². The Kier molecular flexibility index (Phi) is 45.5. The van der Waals surface area contributed by atoms with Gasteiger partial charge in [0, 0.05) is 96.5 Å². The molecule has 0 spiro atoms. The highest BCUT2D eigenvalue weighted by Gasteiger charge is 2.69. The van der Waals surface area contributed by atoms with Crippen LogP contribution in [0, 0.1) is 107 Å². The summed E-state index contributed by atoms with van der Waals surface area (Å²) in [5, 5.41) is 28.9. The number of aliphatic hydroxyl groups is 3. The Labute approximate surface area is 821 Å². The van der Waals surface area contributed by atoms with Crippen molar-refractivity contribution in [2.75, 3.05) is 98.9 Å². The van der Waals surface area contributed by atoms with E-state index in [1.54, 1.807) is 48.5 Å². The highest BCUT2D eigenvalue weighted by Crippen LogP contribution is 2.72. The van der Waals surface area contributed by atoms with Crippen LogP contribution in [0.15, 0.2) is 119 Å². The topological polar surface area (TPSA) is 262 Å². The lowest BCUT2D eigenvalue weighted by Crippen LogP contribution is -2.63. The number of hydrogen-bond acceptors (Lipinski definition) is 19. The van der Waals surface area contributed by atoms with Gasteiger partial charge >= 0.3 is 12.2 Å². The first-order chi connectivity index (χ1) is 65.7. The zero-order valence-electron chi connectivity index (χ0n) is 85.6. The summed E-state index contributed by atoms with van der Waals surface area (Å²) in [6.45, 7) is 33.0. The molecule has 768 valence electrons. The molecule has 8 aliphatic rings. The van der Waals surface area contributed by atoms with Crippen LogP contribution >= 0.6 is 0 Å². The number of carbonyl (C=O) groups is 2. The van der Waals surface area contributed by atoms with Gasteiger partial charge in [0.15, 0.2) is 0 Å². The fraction of sp³-hybridized carbons (Fsp3) is 0.770. The molecule has 21 nitrogen and oxygen atoms in total. The third-order valence-corrected chi connectivity index (χ3v) is 37.3. The minimum Gasteiger partial charge on any atom is -0.445 e. The SMILES string of the molecule is CCCCCCCCN(CCCC(C)[C@H]1CC[C@H]2C3[C@H](OCCCO)CC4C[C@H](OCCCO)CC[C@]4(C)[C@H]3C[C@H](OCCCO)[C@]12C)C(=O)OCc1ccccc1.CCCCCCCCN(CCCC(C)[C@H]1CC[C@H]2C3[C@H](OCCCOS(=O)(=O)c4ccc(C)cc4)CC4C[C@H](OCCCOS(=O)(=O)c5ccc(C)cc5)CC[C@]4(C)[C@H]3C[C@H](OCCCC)[C@]12C)C(=O)OCc1ccccc1. The lowest BCUT2D eigenvalue weighted by atomic mass is 9.43. The largest absolute Gasteiger partial charge is 0.445 e. The van der Waals surface area contributed by atoms with Gasteiger partial charge in [0.25, 0.3) is 20.2 Å². The van der Waals surface area contributed by atoms with E-state index in [2.05, 4.69) is 62.3 Å². The van der Waals surface area contributed by atoms with E-state index < -0.39 is 20.2 Å². The summed E-state index contributed by atoms with van der Waals surface area (Å²) in [5.74, 6) is 5.14. The molecule has 3 N–H and O–H groups in total. The molecule has 0 heterocycles. The Morgan fingerprint density at radius 2 is 0.735 bits per heavy atom. The number of carbonyl (C=O) groups excluding carboxylic acids is 2. The standard InChI is InChI=1S/C64H97NO11S2.C49H83NO8/c1-8-10-12-13-14-18-37-65(62(66)74-47-51-23-16-15-17-24-51)38-19-22-50(5)56-33-34-57-61-58(46-60(64(56,57)7)73-39-11-9-2)63(6)36-35-53(71-40-20-42-75-77(67,68)54-29-25-48(3)26-30-54)44-52(63)45-59(61)72-41-21-43-76-78(69,70)55-31-27-49(4)28-32-55;1-5-6-7-8-9-13-25-50(47(54)58-36-38-19-11-10-12-20-38)26-14-18-37(2)41-21-22-42-46-43(35-45(49(41,42)4)57-32-17-29-53)48(3)24-23-40(55-30-15-27-51)33-39(48)34-44(46)56-31-16-28-52/h15-17,23-32,50,52-53,56-61H,8-14,18-22,33-47H2,1-7H3;10-12,19-20,37,39-46,51-53H,5-9,13-18,21-36H2,1-4H3/t50?,52?,53-,56-,57+,58+,59-,60+,61?,63+,64-;37?,39?,40-,41-,42+,43+,44-,45+,46?,48+,49-/m11/s1. The van der Waals surface area contributed by atoms with Crippen LogP contribution < -0.4 is 0 Å². The van der Waals surface area contributed by atoms with Gasteiger partial charge < -0.3 is 63.0 Å². The fourth-order valence-corrected chi connectivity index (χ4v) is 28.9. The maximum Gasteiger partial charge on any atom is 0.410 e. The summed E-state index contributed by atoms with van der Waals surface area (Å²) >= 11 is 0. The van der Waals surface area contributed by atoms with E-state index >= 15 is 0 Å². The molecule has 2 amide bonds. The number of fused-ring (bicyclic) bond motifs is 10. The van der Waals surface area contributed by atoms with Crippen molar-refractivity contribution in [3.05, 3.63) is 131 Å². The highest BCUT2D eigenvalue weighted by atomic mass is 32.2. The van der Waals surface area contributed by atoms with E-state index in [9.17, 15) is 41.7 Å². The average molecular weight is 1930 g/mol. The van der Waals surface area contributed by atoms with Crippen molar-refractivity contribution in [2.45, 2.75) is 373 Å². The molecule has 22 atom stereocenters. The van der Waals surface area contributed by atoms with Crippen LogP contribution in [0.3, 0.4) is 0 Å². The Balaban J connectivity index is 0.000000273. The molecule has 136 heavy (non-hydrogen) atoms. The van der Waals surface area contributed by atoms with Crippen molar-refractivity contribution in [3.63, 3.8) is 0 Å². The minimum atomic E-state index is -3.90. The molecule has 23 heteroatoms. The molecule has 4 aromatic rings. The van der Waals surface area contributed by atoms with Gasteiger partial charge in [-0.3, -0.25) is 8.37 Å². The predicted octanol–water partition coefficient (Wildman–Crippen LogP) is 24.0. The van der Waals surface area contributed by atoms with Crippen molar-refractivity contribution in [1.29, 1.82) is 0 Å². The Hall–Kier alpha value is -5.12. The van der Waals surface area contributed by atoms with Crippen LogP contribution in [0.1, 0.15) is 322 Å². The number of amides is 2. The van der Waals surface area contributed by atoms with E-state index in [1.165, 1.54) is 64.2 Å². The van der Waals surface area contributed by atoms with Gasteiger partial charge in [-0.25, -0.2) is 9.59 Å². The number of unbranched alkanes of at least 4 members (excludes halogenated alkanes) is 11. The summed E-state index contributed by atoms with van der Waals surface area (Å²) in [6.07, 6.45) is 38.0. The van der Waals surface area contributed by atoms with E-state index in [4.69, 9.17) is 46.3 Å². The van der Waals surface area contributed by atoms with Gasteiger partial charge in [-0.05, 0) is 298 Å². The molecule has 0 aliphatic heterocycles. The van der Waals surface area contributed by atoms with Crippen molar-refractivity contribution >= 4 is 32.4 Å². The second kappa shape index (κ2) is 55.7. The maximum absolute atomic E-state index is 13.7. The van der Waals surface area contributed by atoms with Crippen LogP contribution in [0.2, 0.25) is 0 Å². The van der Waals surface area contributed by atoms with Crippen LogP contribution in [-0.2, 0) is 79.7 Å². The smallest absolute Gasteiger partial charge is 0.410 e. The number of aryl methyl sites for hydroxylation is 2. The molecule has 6 unspecified atom stereocenters. The second-order valence-electron chi connectivity index (χ2n) is 43.4. The summed E-state index contributed by atoms with van der Waals surface area (Å²) in [4.78, 5) is 31.5.